The van der Waals surface area contributed by atoms with Crippen molar-refractivity contribution in [3.63, 3.8) is 0 Å². The molecule has 3 N–H and O–H groups in total. The molecule has 0 fully saturated rings. The minimum Gasteiger partial charge on any atom is -0.373 e. The van der Waals surface area contributed by atoms with Crippen molar-refractivity contribution in [3.8, 4) is 0 Å². The predicted molar refractivity (Wildman–Crippen MR) is 69.9 cm³/mol. The van der Waals surface area contributed by atoms with Gasteiger partial charge in [0.2, 0.25) is 0 Å². The van der Waals surface area contributed by atoms with Gasteiger partial charge in [0.25, 0.3) is 0 Å². The summed E-state index contributed by atoms with van der Waals surface area (Å²) in [6.07, 6.45) is 0. The Labute approximate surface area is 97.0 Å². The van der Waals surface area contributed by atoms with E-state index in [1.165, 1.54) is 0 Å². The molecule has 1 aromatic heterocycles. The highest BCUT2D eigenvalue weighted by molar-refractivity contribution is 6.02. The minimum atomic E-state index is 0.373. The molecule has 0 bridgehead atoms. The second-order valence-corrected chi connectivity index (χ2v) is 4.10. The quantitative estimate of drug-likeness (QED) is 0.684. The Morgan fingerprint density at radius 3 is 2.31 bits per heavy atom. The molecule has 16 heavy (non-hydrogen) atoms. The van der Waals surface area contributed by atoms with Gasteiger partial charge in [-0.05, 0) is 24.5 Å². The zero-order chi connectivity index (χ0) is 12.3. The number of anilines is 2. The van der Waals surface area contributed by atoms with Crippen LogP contribution in [0, 0.1) is 5.41 Å². The van der Waals surface area contributed by atoms with Gasteiger partial charge in [-0.3, -0.25) is 0 Å². The van der Waals surface area contributed by atoms with E-state index in [-0.39, 0.29) is 0 Å². The Balaban J connectivity index is 3.47. The van der Waals surface area contributed by atoms with E-state index in [9.17, 15) is 0 Å². The number of nitrogens with one attached hydrogen (secondary N) is 3. The van der Waals surface area contributed by atoms with Crippen LogP contribution in [-0.2, 0) is 0 Å². The van der Waals surface area contributed by atoms with Gasteiger partial charge >= 0.3 is 0 Å². The largest absolute Gasteiger partial charge is 0.373 e. The highest BCUT2D eigenvalue weighted by atomic mass is 15.0. The lowest BCUT2D eigenvalue weighted by molar-refractivity contribution is 0.860. The van der Waals surface area contributed by atoms with E-state index in [0.717, 1.165) is 22.8 Å². The van der Waals surface area contributed by atoms with E-state index in [4.69, 9.17) is 5.41 Å². The summed E-state index contributed by atoms with van der Waals surface area (Å²) < 4.78 is 0. The summed E-state index contributed by atoms with van der Waals surface area (Å²) in [6.45, 7) is 6.05. The number of hydrogen-bond donors (Lipinski definition) is 3. The fourth-order valence-corrected chi connectivity index (χ4v) is 1.72. The molecule has 0 aromatic carbocycles. The highest BCUT2D eigenvalue weighted by Crippen LogP contribution is 2.27. The molecule has 0 unspecified atom stereocenters. The molecule has 0 atom stereocenters. The zero-order valence-corrected chi connectivity index (χ0v) is 10.6. The van der Waals surface area contributed by atoms with Gasteiger partial charge in [-0.15, -0.1) is 0 Å². The molecule has 1 heterocycles. The summed E-state index contributed by atoms with van der Waals surface area (Å²) in [5, 5.41) is 13.9. The molecule has 0 aliphatic carbocycles. The molecular weight excluding hydrogens is 200 g/mol. The number of nitrogens with zero attached hydrogens (tertiary/aromatic N) is 1. The maximum atomic E-state index is 7.84. The smallest absolute Gasteiger partial charge is 0.137 e. The maximum absolute atomic E-state index is 7.84. The van der Waals surface area contributed by atoms with Gasteiger partial charge in [0, 0.05) is 25.4 Å². The third kappa shape index (κ3) is 2.32. The number of rotatable bonds is 4. The average Bonchev–Trinajstić information content (AvgIpc) is 2.26. The van der Waals surface area contributed by atoms with E-state index >= 15 is 0 Å². The lowest BCUT2D eigenvalue weighted by atomic mass is 9.95. The Kier molecular flexibility index (Phi) is 3.88. The van der Waals surface area contributed by atoms with Crippen LogP contribution in [0.3, 0.4) is 0 Å². The molecule has 0 saturated heterocycles. The average molecular weight is 220 g/mol. The summed E-state index contributed by atoms with van der Waals surface area (Å²) in [7, 11) is 3.68. The number of hydrogen-bond acceptors (Lipinski definition) is 4. The molecule has 4 heteroatoms. The topological polar surface area (TPSA) is 60.8 Å². The third-order valence-corrected chi connectivity index (χ3v) is 2.54. The molecule has 88 valence electrons. The van der Waals surface area contributed by atoms with Crippen LogP contribution in [0.1, 0.15) is 37.8 Å². The normalized spacial score (nSPS) is 10.4. The van der Waals surface area contributed by atoms with Crippen LogP contribution in [0.5, 0.6) is 0 Å². The fourth-order valence-electron chi connectivity index (χ4n) is 1.72. The molecule has 1 rings (SSSR count). The summed E-state index contributed by atoms with van der Waals surface area (Å²) in [5.74, 6) is 1.97. The van der Waals surface area contributed by atoms with Gasteiger partial charge in [-0.25, -0.2) is 4.98 Å². The van der Waals surface area contributed by atoms with Crippen LogP contribution >= 0.6 is 0 Å². The molecule has 0 amide bonds. The van der Waals surface area contributed by atoms with Crippen molar-refractivity contribution < 1.29 is 0 Å². The first-order valence-electron chi connectivity index (χ1n) is 5.47. The van der Waals surface area contributed by atoms with E-state index in [1.54, 1.807) is 6.92 Å². The highest BCUT2D eigenvalue weighted by Gasteiger charge is 2.15. The van der Waals surface area contributed by atoms with E-state index < -0.39 is 0 Å². The van der Waals surface area contributed by atoms with Crippen LogP contribution in [0.15, 0.2) is 6.07 Å². The summed E-state index contributed by atoms with van der Waals surface area (Å²) >= 11 is 0. The second kappa shape index (κ2) is 4.96. The van der Waals surface area contributed by atoms with Crippen molar-refractivity contribution in [2.24, 2.45) is 0 Å². The van der Waals surface area contributed by atoms with Gasteiger partial charge in [0.1, 0.15) is 11.6 Å². The van der Waals surface area contributed by atoms with E-state index in [0.29, 0.717) is 11.6 Å². The van der Waals surface area contributed by atoms with Crippen LogP contribution in [0.2, 0.25) is 0 Å². The number of pyridine rings is 1. The van der Waals surface area contributed by atoms with Crippen LogP contribution < -0.4 is 10.6 Å². The van der Waals surface area contributed by atoms with Gasteiger partial charge < -0.3 is 16.0 Å². The molecule has 0 saturated carbocycles. The molecule has 0 spiro atoms. The lowest BCUT2D eigenvalue weighted by Gasteiger charge is -2.17. The predicted octanol–water partition coefficient (Wildman–Crippen LogP) is 2.68. The van der Waals surface area contributed by atoms with Gasteiger partial charge in [0.15, 0.2) is 0 Å². The molecular formula is C12H20N4. The van der Waals surface area contributed by atoms with Crippen molar-refractivity contribution in [3.05, 3.63) is 17.2 Å². The van der Waals surface area contributed by atoms with Crippen molar-refractivity contribution in [1.29, 1.82) is 5.41 Å². The second-order valence-electron chi connectivity index (χ2n) is 4.10. The standard InChI is InChI=1S/C12H20N4/c1-7(2)9-6-10(14-4)16-12(15-5)11(9)8(3)13/h6-7,13H,1-5H3,(H2,14,15,16). The molecule has 0 aliphatic heterocycles. The Hall–Kier alpha value is -1.58. The number of aromatic nitrogens is 1. The third-order valence-electron chi connectivity index (χ3n) is 2.54. The monoisotopic (exact) mass is 220 g/mol. The van der Waals surface area contributed by atoms with Crippen molar-refractivity contribution >= 4 is 17.3 Å². The maximum Gasteiger partial charge on any atom is 0.137 e. The fraction of sp³-hybridized carbons (Fsp3) is 0.500. The van der Waals surface area contributed by atoms with E-state index in [1.807, 2.05) is 20.2 Å². The Morgan fingerprint density at radius 1 is 1.31 bits per heavy atom. The first-order valence-corrected chi connectivity index (χ1v) is 5.47. The van der Waals surface area contributed by atoms with Gasteiger partial charge in [0.05, 0.1) is 0 Å². The summed E-state index contributed by atoms with van der Waals surface area (Å²) in [6, 6.07) is 2.01. The Bertz CT molecular complexity index is 396. The first kappa shape index (κ1) is 12.5. The van der Waals surface area contributed by atoms with Crippen molar-refractivity contribution in [1.82, 2.24) is 4.98 Å². The zero-order valence-electron chi connectivity index (χ0n) is 10.6. The molecule has 0 aliphatic rings. The summed E-state index contributed by atoms with van der Waals surface area (Å²) in [5.41, 5.74) is 2.61. The van der Waals surface area contributed by atoms with Crippen LogP contribution in [0.25, 0.3) is 0 Å². The molecule has 4 nitrogen and oxygen atoms in total. The first-order chi connectivity index (χ1) is 7.51. The van der Waals surface area contributed by atoms with Crippen LogP contribution in [0.4, 0.5) is 11.6 Å². The molecule has 1 aromatic rings. The Morgan fingerprint density at radius 2 is 1.94 bits per heavy atom. The van der Waals surface area contributed by atoms with Crippen molar-refractivity contribution in [2.45, 2.75) is 26.7 Å². The van der Waals surface area contributed by atoms with Gasteiger partial charge in [-0.1, -0.05) is 13.8 Å². The SMILES string of the molecule is CNc1cc(C(C)C)c(C(C)=N)c(NC)n1. The summed E-state index contributed by atoms with van der Waals surface area (Å²) in [4.78, 5) is 4.41. The minimum absolute atomic E-state index is 0.373. The van der Waals surface area contributed by atoms with Crippen LogP contribution in [-0.4, -0.2) is 24.8 Å². The van der Waals surface area contributed by atoms with E-state index in [2.05, 4.69) is 29.5 Å². The lowest BCUT2D eigenvalue weighted by Crippen LogP contribution is -2.10. The molecule has 0 radical (unpaired) electrons. The van der Waals surface area contributed by atoms with Gasteiger partial charge in [-0.2, -0.15) is 0 Å². The van der Waals surface area contributed by atoms with Crippen molar-refractivity contribution in [2.75, 3.05) is 24.7 Å².